The Bertz CT molecular complexity index is 702. The van der Waals surface area contributed by atoms with E-state index in [9.17, 15) is 18.0 Å². The second-order valence-electron chi connectivity index (χ2n) is 4.49. The van der Waals surface area contributed by atoms with Crippen molar-refractivity contribution < 1.29 is 27.4 Å². The average Bonchev–Trinajstić information content (AvgIpc) is 2.45. The van der Waals surface area contributed by atoms with Crippen LogP contribution in [0.25, 0.3) is 0 Å². The van der Waals surface area contributed by atoms with Crippen molar-refractivity contribution in [2.45, 2.75) is 13.0 Å². The number of nitrogens with two attached hydrogens (primary N) is 1. The van der Waals surface area contributed by atoms with Crippen molar-refractivity contribution in [1.82, 2.24) is 0 Å². The summed E-state index contributed by atoms with van der Waals surface area (Å²) in [6, 6.07) is 9.57. The molecule has 0 unspecified atom stereocenters. The molecule has 0 spiro atoms. The molecule has 2 N–H and O–H groups in total. The van der Waals surface area contributed by atoms with E-state index in [0.717, 1.165) is 0 Å². The quantitative estimate of drug-likeness (QED) is 0.893. The Morgan fingerprint density at radius 2 is 1.78 bits per heavy atom. The fourth-order valence-corrected chi connectivity index (χ4v) is 1.94. The summed E-state index contributed by atoms with van der Waals surface area (Å²) in [6.07, 6.45) is -4.74. The molecule has 2 rings (SSSR count). The van der Waals surface area contributed by atoms with Gasteiger partial charge in [0.05, 0.1) is 5.56 Å². The smallest absolute Gasteiger partial charge is 0.488 e. The number of halogens is 4. The Morgan fingerprint density at radius 1 is 1.13 bits per heavy atom. The third kappa shape index (κ3) is 5.07. The van der Waals surface area contributed by atoms with Gasteiger partial charge in [0.1, 0.15) is 18.1 Å². The summed E-state index contributed by atoms with van der Waals surface area (Å²) in [6.45, 7) is 0.0359. The molecule has 8 heteroatoms. The highest BCUT2D eigenvalue weighted by Crippen LogP contribution is 2.25. The Balaban J connectivity index is 2.05. The number of hydrogen-bond donors (Lipinski definition) is 1. The van der Waals surface area contributed by atoms with Crippen LogP contribution in [0.2, 0.25) is 5.02 Å². The minimum absolute atomic E-state index is 0.0359. The highest BCUT2D eigenvalue weighted by molar-refractivity contribution is 6.31. The van der Waals surface area contributed by atoms with Crippen molar-refractivity contribution in [3.8, 4) is 11.5 Å². The fraction of sp³-hybridized carbons (Fsp3) is 0.133. The molecule has 0 atom stereocenters. The molecule has 0 aromatic heterocycles. The number of hydrogen-bond acceptors (Lipinski definition) is 3. The Morgan fingerprint density at radius 3 is 2.35 bits per heavy atom. The molecule has 0 heterocycles. The van der Waals surface area contributed by atoms with Gasteiger partial charge in [0.25, 0.3) is 5.91 Å². The number of carbonyl (C=O) groups excluding carboxylic acids is 1. The fourth-order valence-electron chi connectivity index (χ4n) is 1.77. The molecular formula is C15H11ClF3NO3. The summed E-state index contributed by atoms with van der Waals surface area (Å²) in [4.78, 5) is 11.3. The second kappa shape index (κ2) is 6.78. The largest absolute Gasteiger partial charge is 0.573 e. The molecule has 2 aromatic rings. The van der Waals surface area contributed by atoms with E-state index >= 15 is 0 Å². The highest BCUT2D eigenvalue weighted by atomic mass is 35.5. The van der Waals surface area contributed by atoms with E-state index in [1.54, 1.807) is 0 Å². The van der Waals surface area contributed by atoms with Crippen molar-refractivity contribution in [2.75, 3.05) is 0 Å². The first kappa shape index (κ1) is 17.0. The SMILES string of the molecule is NC(=O)c1cc(Cl)ccc1OCc1ccc(OC(F)(F)F)cc1. The highest BCUT2D eigenvalue weighted by Gasteiger charge is 2.30. The monoisotopic (exact) mass is 345 g/mol. The van der Waals surface area contributed by atoms with Gasteiger partial charge in [-0.3, -0.25) is 4.79 Å². The van der Waals surface area contributed by atoms with E-state index < -0.39 is 12.3 Å². The van der Waals surface area contributed by atoms with Gasteiger partial charge >= 0.3 is 6.36 Å². The normalized spacial score (nSPS) is 11.1. The summed E-state index contributed by atoms with van der Waals surface area (Å²) in [5.74, 6) is -0.792. The predicted molar refractivity (Wildman–Crippen MR) is 77.4 cm³/mol. The number of alkyl halides is 3. The lowest BCUT2D eigenvalue weighted by atomic mass is 10.2. The van der Waals surface area contributed by atoms with Crippen LogP contribution in [0.1, 0.15) is 15.9 Å². The lowest BCUT2D eigenvalue weighted by Crippen LogP contribution is -2.17. The number of benzene rings is 2. The maximum absolute atomic E-state index is 12.1. The summed E-state index contributed by atoms with van der Waals surface area (Å²) in [5.41, 5.74) is 5.94. The van der Waals surface area contributed by atoms with E-state index in [2.05, 4.69) is 4.74 Å². The Labute approximate surface area is 134 Å². The van der Waals surface area contributed by atoms with Crippen molar-refractivity contribution in [2.24, 2.45) is 5.73 Å². The van der Waals surface area contributed by atoms with E-state index in [1.165, 1.54) is 42.5 Å². The predicted octanol–water partition coefficient (Wildman–Crippen LogP) is 3.92. The maximum atomic E-state index is 12.1. The Kier molecular flexibility index (Phi) is 5.00. The van der Waals surface area contributed by atoms with Gasteiger partial charge in [-0.2, -0.15) is 0 Å². The van der Waals surface area contributed by atoms with Crippen LogP contribution < -0.4 is 15.2 Å². The van der Waals surface area contributed by atoms with E-state index in [1.807, 2.05) is 0 Å². The van der Waals surface area contributed by atoms with Gasteiger partial charge in [-0.15, -0.1) is 13.2 Å². The molecule has 0 aliphatic heterocycles. The third-order valence-corrected chi connectivity index (χ3v) is 2.99. The van der Waals surface area contributed by atoms with Gasteiger partial charge in [-0.1, -0.05) is 23.7 Å². The van der Waals surface area contributed by atoms with Gasteiger partial charge in [-0.05, 0) is 35.9 Å². The molecular weight excluding hydrogens is 335 g/mol. The standard InChI is InChI=1S/C15H11ClF3NO3/c16-10-3-6-13(12(7-10)14(20)21)22-8-9-1-4-11(5-2-9)23-15(17,18)19/h1-7H,8H2,(H2,20,21). The minimum Gasteiger partial charge on any atom is -0.488 e. The lowest BCUT2D eigenvalue weighted by molar-refractivity contribution is -0.274. The Hall–Kier alpha value is -2.41. The van der Waals surface area contributed by atoms with Crippen LogP contribution in [-0.2, 0) is 6.61 Å². The van der Waals surface area contributed by atoms with Crippen molar-refractivity contribution in [1.29, 1.82) is 0 Å². The number of ether oxygens (including phenoxy) is 2. The van der Waals surface area contributed by atoms with Crippen LogP contribution in [0, 0.1) is 0 Å². The molecule has 4 nitrogen and oxygen atoms in total. The number of carbonyl (C=O) groups is 1. The van der Waals surface area contributed by atoms with Crippen LogP contribution in [0.5, 0.6) is 11.5 Å². The van der Waals surface area contributed by atoms with Crippen molar-refractivity contribution in [3.63, 3.8) is 0 Å². The molecule has 0 bridgehead atoms. The molecule has 0 aliphatic rings. The van der Waals surface area contributed by atoms with Crippen LogP contribution in [0.15, 0.2) is 42.5 Å². The van der Waals surface area contributed by atoms with Gasteiger partial charge in [0.15, 0.2) is 0 Å². The summed E-state index contributed by atoms with van der Waals surface area (Å²) in [5, 5.41) is 0.333. The van der Waals surface area contributed by atoms with Crippen molar-refractivity contribution >= 4 is 17.5 Å². The van der Waals surface area contributed by atoms with E-state index in [-0.39, 0.29) is 23.7 Å². The summed E-state index contributed by atoms with van der Waals surface area (Å²) in [7, 11) is 0. The zero-order chi connectivity index (χ0) is 17.0. The van der Waals surface area contributed by atoms with Gasteiger partial charge in [0.2, 0.25) is 0 Å². The summed E-state index contributed by atoms with van der Waals surface area (Å²) >= 11 is 5.78. The minimum atomic E-state index is -4.74. The van der Waals surface area contributed by atoms with Crippen LogP contribution >= 0.6 is 11.6 Å². The first-order chi connectivity index (χ1) is 10.7. The zero-order valence-corrected chi connectivity index (χ0v) is 12.3. The lowest BCUT2D eigenvalue weighted by Gasteiger charge is -2.11. The molecule has 122 valence electrons. The molecule has 23 heavy (non-hydrogen) atoms. The second-order valence-corrected chi connectivity index (χ2v) is 4.92. The van der Waals surface area contributed by atoms with E-state index in [0.29, 0.717) is 10.6 Å². The number of rotatable bonds is 5. The number of primary amides is 1. The molecule has 0 radical (unpaired) electrons. The molecule has 0 saturated heterocycles. The van der Waals surface area contributed by atoms with Crippen LogP contribution in [-0.4, -0.2) is 12.3 Å². The van der Waals surface area contributed by atoms with Gasteiger partial charge in [-0.25, -0.2) is 0 Å². The van der Waals surface area contributed by atoms with Gasteiger partial charge in [0, 0.05) is 5.02 Å². The molecule has 1 amide bonds. The molecule has 2 aromatic carbocycles. The topological polar surface area (TPSA) is 61.6 Å². The first-order valence-electron chi connectivity index (χ1n) is 6.31. The third-order valence-electron chi connectivity index (χ3n) is 2.76. The maximum Gasteiger partial charge on any atom is 0.573 e. The first-order valence-corrected chi connectivity index (χ1v) is 6.69. The van der Waals surface area contributed by atoms with Crippen LogP contribution in [0.3, 0.4) is 0 Å². The molecule has 0 saturated carbocycles. The zero-order valence-electron chi connectivity index (χ0n) is 11.6. The van der Waals surface area contributed by atoms with Gasteiger partial charge < -0.3 is 15.2 Å². The molecule has 0 fully saturated rings. The average molecular weight is 346 g/mol. The van der Waals surface area contributed by atoms with Crippen molar-refractivity contribution in [3.05, 3.63) is 58.6 Å². The van der Waals surface area contributed by atoms with E-state index in [4.69, 9.17) is 22.1 Å². The van der Waals surface area contributed by atoms with Crippen LogP contribution in [0.4, 0.5) is 13.2 Å². The summed E-state index contributed by atoms with van der Waals surface area (Å²) < 4.78 is 45.4. The number of amides is 1. The molecule has 0 aliphatic carbocycles.